The van der Waals surface area contributed by atoms with Gasteiger partial charge in [-0.2, -0.15) is 5.26 Å². The summed E-state index contributed by atoms with van der Waals surface area (Å²) in [5.41, 5.74) is 0.237. The predicted molar refractivity (Wildman–Crippen MR) is 220 cm³/mol. The SMILES string of the molecule is CC(C)N(CC1CN(c2ccc(C(=O)NC3C(C)(C)C(Oc4ccc(C#N)c(Cl)c4)C3(C)C)nn2)C1)C1CC(Oc2ccc3c(c2)C(=O)N(C2CCC(=O)NC2=O)C3=O)C1. The highest BCUT2D eigenvalue weighted by molar-refractivity contribution is 6.31. The van der Waals surface area contributed by atoms with Crippen LogP contribution in [-0.4, -0.2) is 106 Å². The molecular formula is C44H49ClN8O7. The van der Waals surface area contributed by atoms with Crippen LogP contribution in [0.3, 0.4) is 0 Å². The van der Waals surface area contributed by atoms with Gasteiger partial charge >= 0.3 is 0 Å². The number of imide groups is 2. The first-order valence-electron chi connectivity index (χ1n) is 20.5. The largest absolute Gasteiger partial charge is 0.490 e. The van der Waals surface area contributed by atoms with Crippen molar-refractivity contribution in [3.8, 4) is 17.6 Å². The third-order valence-electron chi connectivity index (χ3n) is 13.0. The molecule has 16 heteroatoms. The van der Waals surface area contributed by atoms with Crippen LogP contribution >= 0.6 is 11.6 Å². The van der Waals surface area contributed by atoms with Crippen molar-refractivity contribution >= 4 is 47.0 Å². The highest BCUT2D eigenvalue weighted by Gasteiger charge is 2.64. The molecule has 8 rings (SSSR count). The predicted octanol–water partition coefficient (Wildman–Crippen LogP) is 4.77. The molecule has 5 amide bonds. The molecular weight excluding hydrogens is 788 g/mol. The average Bonchev–Trinajstić information content (AvgIpc) is 3.41. The van der Waals surface area contributed by atoms with Gasteiger partial charge in [0.15, 0.2) is 11.5 Å². The standard InChI is InChI=1S/C44H49ClN8O7/c1-23(2)52(26-15-29(16-26)59-27-9-10-30-31(17-27)40(58)53(39(30)57)34-12-14-36(54)47-38(34)56)22-24-20-51(21-24)35-13-11-33(49-50-35)37(55)48-41-43(3,4)42(44(41,5)6)60-28-8-7-25(19-46)32(45)18-28/h7-11,13,17-18,23-24,26,29,34,41-42H,12,14-16,20-22H2,1-6H3,(H,48,55)(H,47,54,56). The first-order chi connectivity index (χ1) is 28.5. The fraction of sp³-hybridized carbons (Fsp3) is 0.500. The number of fused-ring (bicyclic) bond motifs is 1. The molecule has 2 N–H and O–H groups in total. The number of piperidine rings is 1. The third-order valence-corrected chi connectivity index (χ3v) is 13.3. The fourth-order valence-corrected chi connectivity index (χ4v) is 10.2. The number of ether oxygens (including phenoxy) is 2. The molecule has 3 aromatic rings. The van der Waals surface area contributed by atoms with Crippen LogP contribution in [0.25, 0.3) is 0 Å². The van der Waals surface area contributed by atoms with E-state index in [9.17, 15) is 29.2 Å². The van der Waals surface area contributed by atoms with Crippen LogP contribution in [0.4, 0.5) is 5.82 Å². The number of carbonyl (C=O) groups is 5. The number of nitrogens with one attached hydrogen (secondary N) is 2. The minimum absolute atomic E-state index is 0.0404. The number of benzene rings is 2. The Balaban J connectivity index is 0.798. The van der Waals surface area contributed by atoms with Crippen molar-refractivity contribution < 1.29 is 33.4 Å². The van der Waals surface area contributed by atoms with E-state index in [0.29, 0.717) is 40.1 Å². The molecule has 2 saturated heterocycles. The highest BCUT2D eigenvalue weighted by Crippen LogP contribution is 2.55. The van der Waals surface area contributed by atoms with Crippen molar-refractivity contribution in [2.24, 2.45) is 16.7 Å². The van der Waals surface area contributed by atoms with Gasteiger partial charge in [-0.15, -0.1) is 10.2 Å². The summed E-state index contributed by atoms with van der Waals surface area (Å²) in [6.07, 6.45) is 1.56. The second-order valence-corrected chi connectivity index (χ2v) is 18.6. The van der Waals surface area contributed by atoms with E-state index in [1.807, 2.05) is 6.07 Å². The number of aromatic nitrogens is 2. The first kappa shape index (κ1) is 41.2. The molecule has 4 heterocycles. The minimum Gasteiger partial charge on any atom is -0.490 e. The Morgan fingerprint density at radius 3 is 2.28 bits per heavy atom. The monoisotopic (exact) mass is 836 g/mol. The van der Waals surface area contributed by atoms with E-state index in [1.165, 1.54) is 0 Å². The summed E-state index contributed by atoms with van der Waals surface area (Å²) in [4.78, 5) is 69.4. The highest BCUT2D eigenvalue weighted by atomic mass is 35.5. The Bertz CT molecular complexity index is 2280. The summed E-state index contributed by atoms with van der Waals surface area (Å²) in [6, 6.07) is 14.9. The molecule has 0 spiro atoms. The molecule has 1 atom stereocenters. The van der Waals surface area contributed by atoms with Crippen molar-refractivity contribution in [3.63, 3.8) is 0 Å². The number of hydrogen-bond donors (Lipinski definition) is 2. The van der Waals surface area contributed by atoms with E-state index in [1.54, 1.807) is 42.5 Å². The topological polar surface area (TPSA) is 187 Å². The lowest BCUT2D eigenvalue weighted by Crippen LogP contribution is -2.74. The lowest BCUT2D eigenvalue weighted by atomic mass is 9.49. The lowest BCUT2D eigenvalue weighted by molar-refractivity contribution is -0.164. The van der Waals surface area contributed by atoms with Gasteiger partial charge in [-0.25, -0.2) is 0 Å². The molecule has 15 nitrogen and oxygen atoms in total. The van der Waals surface area contributed by atoms with E-state index in [4.69, 9.17) is 21.1 Å². The van der Waals surface area contributed by atoms with Crippen molar-refractivity contribution in [3.05, 3.63) is 75.9 Å². The summed E-state index contributed by atoms with van der Waals surface area (Å²) < 4.78 is 12.6. The van der Waals surface area contributed by atoms with Crippen LogP contribution < -0.4 is 25.0 Å². The molecule has 2 aromatic carbocycles. The quantitative estimate of drug-likeness (QED) is 0.239. The van der Waals surface area contributed by atoms with Crippen LogP contribution in [0.5, 0.6) is 11.5 Å². The number of carbonyl (C=O) groups excluding carboxylic acids is 5. The average molecular weight is 837 g/mol. The van der Waals surface area contributed by atoms with Gasteiger partial charge in [-0.1, -0.05) is 39.3 Å². The number of anilines is 1. The summed E-state index contributed by atoms with van der Waals surface area (Å²) in [5, 5.41) is 23.7. The minimum atomic E-state index is -1.01. The van der Waals surface area contributed by atoms with Crippen molar-refractivity contribution in [1.82, 2.24) is 30.6 Å². The maximum Gasteiger partial charge on any atom is 0.272 e. The molecule has 1 unspecified atom stereocenters. The van der Waals surface area contributed by atoms with Crippen molar-refractivity contribution in [1.29, 1.82) is 5.26 Å². The van der Waals surface area contributed by atoms with Gasteiger partial charge in [-0.05, 0) is 62.7 Å². The van der Waals surface area contributed by atoms with E-state index in [-0.39, 0.29) is 53.8 Å². The molecule has 314 valence electrons. The van der Waals surface area contributed by atoms with Crippen molar-refractivity contribution in [2.75, 3.05) is 24.5 Å². The van der Waals surface area contributed by atoms with Crippen LogP contribution in [0.1, 0.15) is 104 Å². The lowest BCUT2D eigenvalue weighted by Gasteiger charge is -2.63. The number of amides is 5. The Hall–Kier alpha value is -5.59. The third kappa shape index (κ3) is 7.34. The second kappa shape index (κ2) is 15.5. The zero-order chi connectivity index (χ0) is 42.8. The van der Waals surface area contributed by atoms with E-state index in [2.05, 4.69) is 78.2 Å². The Morgan fingerprint density at radius 1 is 0.967 bits per heavy atom. The fourth-order valence-electron chi connectivity index (χ4n) is 9.99. The molecule has 1 aromatic heterocycles. The van der Waals surface area contributed by atoms with Gasteiger partial charge in [-0.3, -0.25) is 39.1 Å². The second-order valence-electron chi connectivity index (χ2n) is 18.2. The smallest absolute Gasteiger partial charge is 0.272 e. The van der Waals surface area contributed by atoms with Crippen LogP contribution in [0.2, 0.25) is 5.02 Å². The molecule has 2 aliphatic carbocycles. The van der Waals surface area contributed by atoms with Gasteiger partial charge < -0.3 is 19.7 Å². The molecule has 60 heavy (non-hydrogen) atoms. The number of hydrogen-bond acceptors (Lipinski definition) is 12. The number of rotatable bonds is 12. The Labute approximate surface area is 353 Å². The van der Waals surface area contributed by atoms with Gasteiger partial charge in [0, 0.05) is 79.8 Å². The molecule has 5 aliphatic rings. The maximum absolute atomic E-state index is 13.4. The van der Waals surface area contributed by atoms with Gasteiger partial charge in [0.25, 0.3) is 17.7 Å². The first-order valence-corrected chi connectivity index (χ1v) is 20.9. The van der Waals surface area contributed by atoms with Crippen molar-refractivity contribution in [2.45, 2.75) is 104 Å². The number of halogens is 1. The Kier molecular flexibility index (Phi) is 10.6. The summed E-state index contributed by atoms with van der Waals surface area (Å²) in [6.45, 7) is 15.2. The maximum atomic E-state index is 13.4. The van der Waals surface area contributed by atoms with Crippen LogP contribution in [-0.2, 0) is 9.59 Å². The molecule has 2 saturated carbocycles. The normalized spacial score (nSPS) is 25.5. The zero-order valence-electron chi connectivity index (χ0n) is 34.5. The van der Waals surface area contributed by atoms with E-state index >= 15 is 0 Å². The van der Waals surface area contributed by atoms with Gasteiger partial charge in [0.1, 0.15) is 35.8 Å². The Morgan fingerprint density at radius 2 is 1.65 bits per heavy atom. The molecule has 3 aliphatic heterocycles. The van der Waals surface area contributed by atoms with Crippen LogP contribution in [0.15, 0.2) is 48.5 Å². The van der Waals surface area contributed by atoms with Gasteiger partial charge in [0.05, 0.1) is 21.7 Å². The summed E-state index contributed by atoms with van der Waals surface area (Å²) in [7, 11) is 0. The molecule has 0 radical (unpaired) electrons. The van der Waals surface area contributed by atoms with E-state index in [0.717, 1.165) is 43.2 Å². The summed E-state index contributed by atoms with van der Waals surface area (Å²) >= 11 is 6.24. The molecule has 4 fully saturated rings. The van der Waals surface area contributed by atoms with E-state index < -0.39 is 40.5 Å². The molecule has 0 bridgehead atoms. The zero-order valence-corrected chi connectivity index (χ0v) is 35.3. The summed E-state index contributed by atoms with van der Waals surface area (Å²) in [5.74, 6) is -0.214. The number of nitriles is 1. The van der Waals surface area contributed by atoms with Crippen LogP contribution in [0, 0.1) is 28.1 Å². The number of nitrogens with zero attached hydrogens (tertiary/aromatic N) is 6. The van der Waals surface area contributed by atoms with Gasteiger partial charge in [0.2, 0.25) is 11.8 Å².